The fraction of sp³-hybridized carbons (Fsp3) is 0.900. The van der Waals surface area contributed by atoms with Crippen LogP contribution in [0.15, 0.2) is 0 Å². The van der Waals surface area contributed by atoms with Crippen molar-refractivity contribution in [1.82, 2.24) is 4.90 Å². The molecular weight excluding hydrogens is 182 g/mol. The molecule has 0 aromatic rings. The molecule has 0 aromatic heterocycles. The van der Waals surface area contributed by atoms with Gasteiger partial charge in [0.05, 0.1) is 12.6 Å². The van der Waals surface area contributed by atoms with Crippen molar-refractivity contribution in [3.8, 4) is 0 Å². The summed E-state index contributed by atoms with van der Waals surface area (Å²) >= 11 is 0. The van der Waals surface area contributed by atoms with Crippen LogP contribution in [0.1, 0.15) is 26.7 Å². The van der Waals surface area contributed by atoms with E-state index in [0.29, 0.717) is 12.1 Å². The molecule has 4 nitrogen and oxygen atoms in total. The average molecular weight is 201 g/mol. The lowest BCUT2D eigenvalue weighted by atomic mass is 9.87. The number of nitrogens with zero attached hydrogens (tertiary/aromatic N) is 1. The van der Waals surface area contributed by atoms with E-state index in [2.05, 4.69) is 0 Å². The number of carboxylic acids is 1. The molecular formula is C10H19NO3. The van der Waals surface area contributed by atoms with Crippen molar-refractivity contribution in [2.24, 2.45) is 0 Å². The summed E-state index contributed by atoms with van der Waals surface area (Å²) in [6.07, 6.45) is 2.32. The normalized spacial score (nSPS) is 26.2. The zero-order valence-corrected chi connectivity index (χ0v) is 8.90. The van der Waals surface area contributed by atoms with Crippen molar-refractivity contribution in [3.63, 3.8) is 0 Å². The molecule has 0 unspecified atom stereocenters. The largest absolute Gasteiger partial charge is 0.480 e. The molecule has 1 fully saturated rings. The highest BCUT2D eigenvalue weighted by atomic mass is 16.5. The molecule has 1 saturated carbocycles. The summed E-state index contributed by atoms with van der Waals surface area (Å²) in [5.41, 5.74) is 0. The van der Waals surface area contributed by atoms with Crippen molar-refractivity contribution in [2.45, 2.75) is 38.8 Å². The van der Waals surface area contributed by atoms with E-state index in [4.69, 9.17) is 9.84 Å². The predicted octanol–water partition coefficient (Wildman–Crippen LogP) is 0.960. The third-order valence-corrected chi connectivity index (χ3v) is 2.73. The Hall–Kier alpha value is -0.610. The zero-order valence-electron chi connectivity index (χ0n) is 8.90. The molecule has 0 aliphatic heterocycles. The van der Waals surface area contributed by atoms with Gasteiger partial charge in [0.2, 0.25) is 0 Å². The fourth-order valence-corrected chi connectivity index (χ4v) is 1.88. The number of hydrogen-bond acceptors (Lipinski definition) is 3. The second-order valence-corrected chi connectivity index (χ2v) is 3.66. The maximum Gasteiger partial charge on any atom is 0.317 e. The van der Waals surface area contributed by atoms with Crippen LogP contribution in [0.3, 0.4) is 0 Å². The Morgan fingerprint density at radius 1 is 1.50 bits per heavy atom. The first-order chi connectivity index (χ1) is 6.67. The summed E-state index contributed by atoms with van der Waals surface area (Å²) in [6, 6.07) is 0.410. The quantitative estimate of drug-likeness (QED) is 0.695. The van der Waals surface area contributed by atoms with E-state index in [-0.39, 0.29) is 6.54 Å². The molecule has 0 bridgehead atoms. The summed E-state index contributed by atoms with van der Waals surface area (Å²) in [4.78, 5) is 12.5. The summed E-state index contributed by atoms with van der Waals surface area (Å²) in [5.74, 6) is -0.744. The summed E-state index contributed by atoms with van der Waals surface area (Å²) in [7, 11) is 0. The molecule has 0 radical (unpaired) electrons. The second kappa shape index (κ2) is 5.32. The number of rotatable bonds is 6. The molecule has 0 saturated heterocycles. The minimum absolute atomic E-state index is 0.153. The molecule has 1 N–H and O–H groups in total. The highest BCUT2D eigenvalue weighted by molar-refractivity contribution is 5.69. The monoisotopic (exact) mass is 201 g/mol. The van der Waals surface area contributed by atoms with Crippen LogP contribution >= 0.6 is 0 Å². The number of carboxylic acid groups (broad SMARTS) is 1. The van der Waals surface area contributed by atoms with Gasteiger partial charge >= 0.3 is 5.97 Å². The van der Waals surface area contributed by atoms with Crippen LogP contribution in [0.25, 0.3) is 0 Å². The summed E-state index contributed by atoms with van der Waals surface area (Å²) < 4.78 is 5.43. The smallest absolute Gasteiger partial charge is 0.317 e. The molecule has 0 spiro atoms. The van der Waals surface area contributed by atoms with Crippen molar-refractivity contribution in [2.75, 3.05) is 19.7 Å². The van der Waals surface area contributed by atoms with Gasteiger partial charge in [0.15, 0.2) is 0 Å². The van der Waals surface area contributed by atoms with Crippen molar-refractivity contribution in [1.29, 1.82) is 0 Å². The van der Waals surface area contributed by atoms with Crippen LogP contribution in [0, 0.1) is 0 Å². The minimum Gasteiger partial charge on any atom is -0.480 e. The fourth-order valence-electron chi connectivity index (χ4n) is 1.88. The highest BCUT2D eigenvalue weighted by Crippen LogP contribution is 2.27. The Bertz CT molecular complexity index is 190. The minimum atomic E-state index is -0.744. The van der Waals surface area contributed by atoms with E-state index in [1.54, 1.807) is 0 Å². The van der Waals surface area contributed by atoms with Gasteiger partial charge in [-0.05, 0) is 26.3 Å². The van der Waals surface area contributed by atoms with E-state index >= 15 is 0 Å². The second-order valence-electron chi connectivity index (χ2n) is 3.66. The Morgan fingerprint density at radius 3 is 2.57 bits per heavy atom. The first-order valence-electron chi connectivity index (χ1n) is 5.24. The van der Waals surface area contributed by atoms with E-state index < -0.39 is 5.97 Å². The highest BCUT2D eigenvalue weighted by Gasteiger charge is 2.33. The van der Waals surface area contributed by atoms with Crippen molar-refractivity contribution >= 4 is 5.97 Å². The topological polar surface area (TPSA) is 49.8 Å². The molecule has 0 aromatic carbocycles. The molecule has 1 aliphatic carbocycles. The molecule has 0 atom stereocenters. The van der Waals surface area contributed by atoms with Gasteiger partial charge in [0, 0.05) is 12.6 Å². The lowest BCUT2D eigenvalue weighted by molar-refractivity contribution is -0.140. The first-order valence-corrected chi connectivity index (χ1v) is 5.24. The predicted molar refractivity (Wildman–Crippen MR) is 53.3 cm³/mol. The van der Waals surface area contributed by atoms with Crippen molar-refractivity contribution in [3.05, 3.63) is 0 Å². The van der Waals surface area contributed by atoms with Crippen LogP contribution in [-0.4, -0.2) is 47.8 Å². The van der Waals surface area contributed by atoms with Gasteiger partial charge in [0.25, 0.3) is 0 Å². The van der Waals surface area contributed by atoms with Gasteiger partial charge in [-0.1, -0.05) is 6.92 Å². The van der Waals surface area contributed by atoms with Gasteiger partial charge in [-0.3, -0.25) is 9.69 Å². The SMILES string of the molecule is CCOC1CC(N(CC)CC(=O)O)C1. The zero-order chi connectivity index (χ0) is 10.6. The number of ether oxygens (including phenoxy) is 1. The molecule has 1 aliphatic rings. The average Bonchev–Trinajstić information content (AvgIpc) is 2.07. The van der Waals surface area contributed by atoms with E-state index in [1.165, 1.54) is 0 Å². The van der Waals surface area contributed by atoms with Gasteiger partial charge in [-0.2, -0.15) is 0 Å². The van der Waals surface area contributed by atoms with Gasteiger partial charge in [0.1, 0.15) is 0 Å². The summed E-state index contributed by atoms with van der Waals surface area (Å²) in [5, 5.41) is 8.68. The van der Waals surface area contributed by atoms with Gasteiger partial charge < -0.3 is 9.84 Å². The maximum atomic E-state index is 10.5. The first kappa shape index (κ1) is 11.5. The Balaban J connectivity index is 2.25. The van der Waals surface area contributed by atoms with E-state index in [9.17, 15) is 4.79 Å². The molecule has 1 rings (SSSR count). The number of aliphatic carboxylic acids is 1. The standard InChI is InChI=1S/C10H19NO3/c1-3-11(7-10(12)13)8-5-9(6-8)14-4-2/h8-9H,3-7H2,1-2H3,(H,12,13). The number of hydrogen-bond donors (Lipinski definition) is 1. The molecule has 82 valence electrons. The van der Waals surface area contributed by atoms with Crippen LogP contribution in [-0.2, 0) is 9.53 Å². The maximum absolute atomic E-state index is 10.5. The summed E-state index contributed by atoms with van der Waals surface area (Å²) in [6.45, 7) is 5.69. The molecule has 14 heavy (non-hydrogen) atoms. The lowest BCUT2D eigenvalue weighted by Crippen LogP contribution is -2.49. The van der Waals surface area contributed by atoms with Gasteiger partial charge in [-0.25, -0.2) is 0 Å². The van der Waals surface area contributed by atoms with E-state index in [0.717, 1.165) is 26.0 Å². The van der Waals surface area contributed by atoms with Crippen LogP contribution < -0.4 is 0 Å². The van der Waals surface area contributed by atoms with Gasteiger partial charge in [-0.15, -0.1) is 0 Å². The molecule has 0 heterocycles. The number of carbonyl (C=O) groups is 1. The third kappa shape index (κ3) is 2.96. The van der Waals surface area contributed by atoms with Crippen LogP contribution in [0.5, 0.6) is 0 Å². The lowest BCUT2D eigenvalue weighted by Gasteiger charge is -2.41. The number of likely N-dealkylation sites (N-methyl/N-ethyl adjacent to an activating group) is 1. The Kier molecular flexibility index (Phi) is 4.35. The van der Waals surface area contributed by atoms with E-state index in [1.807, 2.05) is 18.7 Å². The molecule has 4 heteroatoms. The Labute approximate surface area is 84.8 Å². The van der Waals surface area contributed by atoms with Crippen LogP contribution in [0.2, 0.25) is 0 Å². The molecule has 0 amide bonds. The van der Waals surface area contributed by atoms with Crippen LogP contribution in [0.4, 0.5) is 0 Å². The van der Waals surface area contributed by atoms with Crippen molar-refractivity contribution < 1.29 is 14.6 Å². The third-order valence-electron chi connectivity index (χ3n) is 2.73. The Morgan fingerprint density at radius 2 is 2.14 bits per heavy atom.